The molecular weight excluding hydrogens is 322 g/mol. The van der Waals surface area contributed by atoms with Crippen molar-refractivity contribution in [2.24, 2.45) is 12.8 Å². The summed E-state index contributed by atoms with van der Waals surface area (Å²) in [7, 11) is 1.86. The first-order chi connectivity index (χ1) is 12.1. The first kappa shape index (κ1) is 15.2. The van der Waals surface area contributed by atoms with Gasteiger partial charge in [0.15, 0.2) is 5.65 Å². The van der Waals surface area contributed by atoms with E-state index < -0.39 is 5.91 Å². The largest absolute Gasteiger partial charge is 0.364 e. The van der Waals surface area contributed by atoms with Crippen LogP contribution in [0.2, 0.25) is 0 Å². The van der Waals surface area contributed by atoms with Crippen LogP contribution in [0.15, 0.2) is 24.9 Å². The lowest BCUT2D eigenvalue weighted by atomic mass is 10.2. The van der Waals surface area contributed by atoms with Crippen molar-refractivity contribution in [3.8, 4) is 0 Å². The fourth-order valence-corrected chi connectivity index (χ4v) is 2.98. The van der Waals surface area contributed by atoms with Gasteiger partial charge in [-0.1, -0.05) is 0 Å². The molecule has 0 aliphatic carbocycles. The number of aromatic nitrogens is 6. The van der Waals surface area contributed by atoms with Crippen LogP contribution in [0.5, 0.6) is 0 Å². The molecular formula is C15H17N9O. The number of hydrogen-bond donors (Lipinski definition) is 1. The third kappa shape index (κ3) is 2.71. The van der Waals surface area contributed by atoms with Gasteiger partial charge in [-0.25, -0.2) is 15.0 Å². The van der Waals surface area contributed by atoms with E-state index in [4.69, 9.17) is 5.73 Å². The van der Waals surface area contributed by atoms with Gasteiger partial charge in [-0.05, 0) is 0 Å². The van der Waals surface area contributed by atoms with Gasteiger partial charge in [0.1, 0.15) is 23.7 Å². The Hall–Kier alpha value is -3.30. The van der Waals surface area contributed by atoms with Gasteiger partial charge in [0.05, 0.1) is 24.0 Å². The summed E-state index contributed by atoms with van der Waals surface area (Å²) in [5.41, 5.74) is 6.26. The standard InChI is InChI=1S/C15H17N9O/c1-22-14-10(6-20-22)15(19-9-18-14)24-4-2-23(3-5-24)12-8-17-7-11(21-12)13(16)25/h6-9H,2-5H2,1H3,(H2,16,25). The maximum Gasteiger partial charge on any atom is 0.268 e. The maximum absolute atomic E-state index is 11.3. The molecule has 25 heavy (non-hydrogen) atoms. The topological polar surface area (TPSA) is 119 Å². The van der Waals surface area contributed by atoms with Crippen LogP contribution in [0.4, 0.5) is 11.6 Å². The predicted octanol–water partition coefficient (Wildman–Crippen LogP) is -0.421. The lowest BCUT2D eigenvalue weighted by molar-refractivity contribution is 0.0995. The van der Waals surface area contributed by atoms with Gasteiger partial charge in [-0.2, -0.15) is 5.10 Å². The summed E-state index contributed by atoms with van der Waals surface area (Å²) in [5, 5.41) is 5.19. The molecule has 1 fully saturated rings. The Morgan fingerprint density at radius 3 is 2.60 bits per heavy atom. The number of hydrogen-bond acceptors (Lipinski definition) is 8. The number of amides is 1. The van der Waals surface area contributed by atoms with Crippen molar-refractivity contribution in [1.29, 1.82) is 0 Å². The number of piperazine rings is 1. The maximum atomic E-state index is 11.3. The van der Waals surface area contributed by atoms with Crippen molar-refractivity contribution in [2.45, 2.75) is 0 Å². The summed E-state index contributed by atoms with van der Waals surface area (Å²) in [6, 6.07) is 0. The minimum Gasteiger partial charge on any atom is -0.364 e. The van der Waals surface area contributed by atoms with Gasteiger partial charge < -0.3 is 15.5 Å². The Labute approximate surface area is 143 Å². The second kappa shape index (κ2) is 5.96. The quantitative estimate of drug-likeness (QED) is 0.683. The van der Waals surface area contributed by atoms with Crippen LogP contribution in [-0.2, 0) is 7.05 Å². The lowest BCUT2D eigenvalue weighted by Gasteiger charge is -2.36. The molecule has 0 aromatic carbocycles. The molecule has 3 aromatic heterocycles. The van der Waals surface area contributed by atoms with Crippen LogP contribution < -0.4 is 15.5 Å². The summed E-state index contributed by atoms with van der Waals surface area (Å²) >= 11 is 0. The second-order valence-electron chi connectivity index (χ2n) is 5.80. The summed E-state index contributed by atoms with van der Waals surface area (Å²) in [5.74, 6) is 0.966. The normalized spacial score (nSPS) is 14.9. The van der Waals surface area contributed by atoms with E-state index in [2.05, 4.69) is 34.8 Å². The highest BCUT2D eigenvalue weighted by Crippen LogP contribution is 2.24. The zero-order valence-corrected chi connectivity index (χ0v) is 13.7. The number of fused-ring (bicyclic) bond motifs is 1. The first-order valence-corrected chi connectivity index (χ1v) is 7.88. The average molecular weight is 339 g/mol. The summed E-state index contributed by atoms with van der Waals surface area (Å²) in [6.07, 6.45) is 6.38. The van der Waals surface area contributed by atoms with E-state index in [0.29, 0.717) is 5.82 Å². The van der Waals surface area contributed by atoms with E-state index in [-0.39, 0.29) is 5.69 Å². The summed E-state index contributed by atoms with van der Waals surface area (Å²) in [6.45, 7) is 3.01. The first-order valence-electron chi connectivity index (χ1n) is 7.88. The van der Waals surface area contributed by atoms with Gasteiger partial charge in [0.25, 0.3) is 5.91 Å². The molecule has 4 rings (SSSR count). The molecule has 0 unspecified atom stereocenters. The van der Waals surface area contributed by atoms with E-state index in [1.54, 1.807) is 23.4 Å². The van der Waals surface area contributed by atoms with Crippen molar-refractivity contribution >= 4 is 28.6 Å². The smallest absolute Gasteiger partial charge is 0.268 e. The van der Waals surface area contributed by atoms with Crippen LogP contribution in [0.25, 0.3) is 11.0 Å². The van der Waals surface area contributed by atoms with Gasteiger partial charge >= 0.3 is 0 Å². The summed E-state index contributed by atoms with van der Waals surface area (Å²) in [4.78, 5) is 32.6. The number of carbonyl (C=O) groups is 1. The lowest BCUT2D eigenvalue weighted by Crippen LogP contribution is -2.47. The van der Waals surface area contributed by atoms with Crippen molar-refractivity contribution < 1.29 is 4.79 Å². The predicted molar refractivity (Wildman–Crippen MR) is 91.3 cm³/mol. The second-order valence-corrected chi connectivity index (χ2v) is 5.80. The molecule has 1 aliphatic heterocycles. The molecule has 10 heteroatoms. The minimum absolute atomic E-state index is 0.174. The van der Waals surface area contributed by atoms with Crippen LogP contribution in [0.1, 0.15) is 10.5 Å². The molecule has 0 radical (unpaired) electrons. The van der Waals surface area contributed by atoms with E-state index in [0.717, 1.165) is 43.0 Å². The molecule has 4 heterocycles. The zero-order valence-electron chi connectivity index (χ0n) is 13.7. The Bertz CT molecular complexity index is 930. The van der Waals surface area contributed by atoms with Gasteiger partial charge in [-0.3, -0.25) is 14.5 Å². The van der Waals surface area contributed by atoms with Crippen molar-refractivity contribution in [3.63, 3.8) is 0 Å². The fourth-order valence-electron chi connectivity index (χ4n) is 2.98. The molecule has 10 nitrogen and oxygen atoms in total. The van der Waals surface area contributed by atoms with Crippen LogP contribution in [0.3, 0.4) is 0 Å². The molecule has 0 saturated carbocycles. The van der Waals surface area contributed by atoms with E-state index in [1.165, 1.54) is 6.20 Å². The third-order valence-electron chi connectivity index (χ3n) is 4.29. The highest BCUT2D eigenvalue weighted by molar-refractivity contribution is 5.90. The molecule has 2 N–H and O–H groups in total. The Kier molecular flexibility index (Phi) is 3.64. The van der Waals surface area contributed by atoms with E-state index in [9.17, 15) is 4.79 Å². The highest BCUT2D eigenvalue weighted by Gasteiger charge is 2.22. The van der Waals surface area contributed by atoms with E-state index in [1.807, 2.05) is 7.05 Å². The van der Waals surface area contributed by atoms with Gasteiger partial charge in [0, 0.05) is 33.2 Å². The molecule has 3 aromatic rings. The van der Waals surface area contributed by atoms with Crippen molar-refractivity contribution in [2.75, 3.05) is 36.0 Å². The molecule has 1 amide bonds. The number of primary amides is 1. The van der Waals surface area contributed by atoms with Crippen molar-refractivity contribution in [1.82, 2.24) is 29.7 Å². The fraction of sp³-hybridized carbons (Fsp3) is 0.333. The number of nitrogens with zero attached hydrogens (tertiary/aromatic N) is 8. The Morgan fingerprint density at radius 2 is 1.84 bits per heavy atom. The number of aryl methyl sites for hydroxylation is 1. The molecule has 0 spiro atoms. The SMILES string of the molecule is Cn1ncc2c(N3CCN(c4cncc(C(N)=O)n4)CC3)ncnc21. The van der Waals surface area contributed by atoms with Gasteiger partial charge in [-0.15, -0.1) is 0 Å². The van der Waals surface area contributed by atoms with Crippen LogP contribution in [0, 0.1) is 0 Å². The molecule has 1 saturated heterocycles. The average Bonchev–Trinajstić information content (AvgIpc) is 3.03. The van der Waals surface area contributed by atoms with Gasteiger partial charge in [0.2, 0.25) is 0 Å². The highest BCUT2D eigenvalue weighted by atomic mass is 16.1. The monoisotopic (exact) mass is 339 g/mol. The van der Waals surface area contributed by atoms with Crippen LogP contribution in [-0.4, -0.2) is 61.8 Å². The van der Waals surface area contributed by atoms with Crippen LogP contribution >= 0.6 is 0 Å². The number of anilines is 2. The number of carbonyl (C=O) groups excluding carboxylic acids is 1. The zero-order chi connectivity index (χ0) is 17.4. The van der Waals surface area contributed by atoms with Crippen molar-refractivity contribution in [3.05, 3.63) is 30.6 Å². The molecule has 0 atom stereocenters. The molecule has 0 bridgehead atoms. The third-order valence-corrected chi connectivity index (χ3v) is 4.29. The summed E-state index contributed by atoms with van der Waals surface area (Å²) < 4.78 is 1.74. The van der Waals surface area contributed by atoms with E-state index >= 15 is 0 Å². The number of nitrogens with two attached hydrogens (primary N) is 1. The number of rotatable bonds is 3. The molecule has 1 aliphatic rings. The Balaban J connectivity index is 1.53. The minimum atomic E-state index is -0.576. The molecule has 128 valence electrons. The Morgan fingerprint density at radius 1 is 1.08 bits per heavy atom.